The number of rotatable bonds is 8. The Balaban J connectivity index is -0.000000256. The summed E-state index contributed by atoms with van der Waals surface area (Å²) in [7, 11) is 0. The van der Waals surface area contributed by atoms with Gasteiger partial charge >= 0.3 is 17.1 Å². The predicted octanol–water partition coefficient (Wildman–Crippen LogP) is -1.01. The Morgan fingerprint density at radius 3 is 1.11 bits per heavy atom. The summed E-state index contributed by atoms with van der Waals surface area (Å²) in [6, 6.07) is 0. The molecule has 0 amide bonds. The van der Waals surface area contributed by atoms with Crippen molar-refractivity contribution in [3.05, 3.63) is 0 Å². The normalized spacial score (nSPS) is 8.53. The molecular formula is C12H18FeO6. The van der Waals surface area contributed by atoms with Gasteiger partial charge in [0.25, 0.3) is 0 Å². The maximum atomic E-state index is 10.4. The van der Waals surface area contributed by atoms with E-state index in [0.717, 1.165) is 0 Å². The summed E-state index contributed by atoms with van der Waals surface area (Å²) in [5.74, 6) is -2.37. The van der Waals surface area contributed by atoms with Crippen molar-refractivity contribution in [1.29, 1.82) is 0 Å². The van der Waals surface area contributed by atoms with Gasteiger partial charge in [0.2, 0.25) is 0 Å². The molecule has 0 aromatic carbocycles. The molecule has 0 bridgehead atoms. The van der Waals surface area contributed by atoms with E-state index < -0.39 is 11.9 Å². The van der Waals surface area contributed by atoms with Crippen LogP contribution in [0.5, 0.6) is 0 Å². The van der Waals surface area contributed by atoms with Gasteiger partial charge in [-0.15, -0.1) is 0 Å². The molecule has 0 aromatic rings. The first-order valence-electron chi connectivity index (χ1n) is 5.76. The molecule has 0 rings (SSSR count). The SMILES string of the molecule is CCC(=O)CCC(=O)[O-].CCC(=O)CCC(=O)[O-].[Fe+2]. The first kappa shape index (κ1) is 22.9. The van der Waals surface area contributed by atoms with Crippen molar-refractivity contribution < 1.29 is 46.5 Å². The zero-order valence-corrected chi connectivity index (χ0v) is 12.1. The van der Waals surface area contributed by atoms with Crippen LogP contribution in [-0.2, 0) is 36.2 Å². The van der Waals surface area contributed by atoms with Crippen molar-refractivity contribution in [2.75, 3.05) is 0 Å². The molecule has 0 fully saturated rings. The molecule has 0 spiro atoms. The van der Waals surface area contributed by atoms with Crippen LogP contribution in [0, 0.1) is 0 Å². The Morgan fingerprint density at radius 2 is 0.947 bits per heavy atom. The van der Waals surface area contributed by atoms with Gasteiger partial charge in [0, 0.05) is 37.6 Å². The van der Waals surface area contributed by atoms with Crippen LogP contribution in [0.4, 0.5) is 0 Å². The molecular weight excluding hydrogens is 296 g/mol. The second kappa shape index (κ2) is 14.9. The molecule has 7 heteroatoms. The molecule has 0 aliphatic heterocycles. The zero-order valence-electron chi connectivity index (χ0n) is 11.0. The molecule has 0 aromatic heterocycles. The number of Topliss-reactive ketones (excluding diaryl/α,β-unsaturated/α-hetero) is 2. The second-order valence-electron chi connectivity index (χ2n) is 3.53. The molecule has 0 saturated heterocycles. The van der Waals surface area contributed by atoms with Gasteiger partial charge in [-0.3, -0.25) is 9.59 Å². The van der Waals surface area contributed by atoms with Crippen molar-refractivity contribution in [2.45, 2.75) is 52.4 Å². The van der Waals surface area contributed by atoms with Crippen molar-refractivity contribution >= 4 is 23.5 Å². The van der Waals surface area contributed by atoms with E-state index in [9.17, 15) is 29.4 Å². The summed E-state index contributed by atoms with van der Waals surface area (Å²) in [6.07, 6.45) is 0.748. The monoisotopic (exact) mass is 314 g/mol. The summed E-state index contributed by atoms with van der Waals surface area (Å²) in [4.78, 5) is 40.4. The van der Waals surface area contributed by atoms with E-state index in [2.05, 4.69) is 0 Å². The Labute approximate surface area is 123 Å². The van der Waals surface area contributed by atoms with Crippen LogP contribution < -0.4 is 10.2 Å². The topological polar surface area (TPSA) is 114 Å². The third-order valence-electron chi connectivity index (χ3n) is 2.00. The van der Waals surface area contributed by atoms with E-state index in [1.807, 2.05) is 0 Å². The van der Waals surface area contributed by atoms with Gasteiger partial charge in [-0.1, -0.05) is 13.8 Å². The van der Waals surface area contributed by atoms with E-state index in [-0.39, 0.29) is 54.3 Å². The summed E-state index contributed by atoms with van der Waals surface area (Å²) < 4.78 is 0. The van der Waals surface area contributed by atoms with E-state index in [1.165, 1.54) is 0 Å². The number of carboxylic acid groups (broad SMARTS) is 2. The molecule has 6 nitrogen and oxygen atoms in total. The number of hydrogen-bond donors (Lipinski definition) is 0. The number of carbonyl (C=O) groups is 4. The molecule has 0 heterocycles. The van der Waals surface area contributed by atoms with Crippen LogP contribution in [0.25, 0.3) is 0 Å². The van der Waals surface area contributed by atoms with Gasteiger partial charge in [-0.05, 0) is 12.8 Å². The third-order valence-corrected chi connectivity index (χ3v) is 2.00. The predicted molar refractivity (Wildman–Crippen MR) is 59.1 cm³/mol. The first-order valence-corrected chi connectivity index (χ1v) is 5.76. The molecule has 110 valence electrons. The minimum Gasteiger partial charge on any atom is -0.550 e. The zero-order chi connectivity index (χ0) is 14.6. The summed E-state index contributed by atoms with van der Waals surface area (Å²) in [5.41, 5.74) is 0. The molecule has 0 N–H and O–H groups in total. The molecule has 0 aliphatic carbocycles. The van der Waals surface area contributed by atoms with Crippen LogP contribution in [0.2, 0.25) is 0 Å². The van der Waals surface area contributed by atoms with Crippen LogP contribution in [0.1, 0.15) is 52.4 Å². The molecule has 0 saturated carbocycles. The van der Waals surface area contributed by atoms with Crippen molar-refractivity contribution in [3.63, 3.8) is 0 Å². The molecule has 0 radical (unpaired) electrons. The largest absolute Gasteiger partial charge is 2.00 e. The quantitative estimate of drug-likeness (QED) is 0.530. The minimum absolute atomic E-state index is 0. The van der Waals surface area contributed by atoms with Gasteiger partial charge in [0.05, 0.1) is 0 Å². The van der Waals surface area contributed by atoms with Gasteiger partial charge in [-0.25, -0.2) is 0 Å². The van der Waals surface area contributed by atoms with E-state index >= 15 is 0 Å². The smallest absolute Gasteiger partial charge is 0.550 e. The molecule has 0 aliphatic rings. The fourth-order valence-corrected chi connectivity index (χ4v) is 0.837. The Hall–Kier alpha value is -1.20. The molecule has 19 heavy (non-hydrogen) atoms. The maximum Gasteiger partial charge on any atom is 2.00 e. The number of hydrogen-bond acceptors (Lipinski definition) is 6. The van der Waals surface area contributed by atoms with Crippen molar-refractivity contribution in [3.8, 4) is 0 Å². The summed E-state index contributed by atoms with van der Waals surface area (Å²) in [6.45, 7) is 3.41. The van der Waals surface area contributed by atoms with Gasteiger partial charge in [-0.2, -0.15) is 0 Å². The average Bonchev–Trinajstić information content (AvgIpc) is 2.33. The van der Waals surface area contributed by atoms with E-state index in [4.69, 9.17) is 0 Å². The molecule has 0 unspecified atom stereocenters. The Bertz CT molecular complexity index is 271. The summed E-state index contributed by atoms with van der Waals surface area (Å²) in [5, 5.41) is 19.5. The summed E-state index contributed by atoms with van der Waals surface area (Å²) >= 11 is 0. The fraction of sp³-hybridized carbons (Fsp3) is 0.667. The Kier molecular flexibility index (Phi) is 17.9. The van der Waals surface area contributed by atoms with Gasteiger partial charge in [0.1, 0.15) is 11.6 Å². The van der Waals surface area contributed by atoms with E-state index in [1.54, 1.807) is 13.8 Å². The second-order valence-corrected chi connectivity index (χ2v) is 3.53. The van der Waals surface area contributed by atoms with Crippen LogP contribution in [0.15, 0.2) is 0 Å². The maximum absolute atomic E-state index is 10.4. The third kappa shape index (κ3) is 22.5. The standard InChI is InChI=1S/2C6H10O3.Fe/c2*1-2-5(7)3-4-6(8)9;/h2*2-4H2,1H3,(H,8,9);/q;;+2/p-2. The van der Waals surface area contributed by atoms with Crippen molar-refractivity contribution in [2.24, 2.45) is 0 Å². The number of carboxylic acids is 2. The minimum atomic E-state index is -1.16. The van der Waals surface area contributed by atoms with E-state index in [0.29, 0.717) is 12.8 Å². The average molecular weight is 314 g/mol. The van der Waals surface area contributed by atoms with Crippen LogP contribution in [-0.4, -0.2) is 23.5 Å². The molecule has 0 atom stereocenters. The number of ketones is 2. The fourth-order valence-electron chi connectivity index (χ4n) is 0.837. The van der Waals surface area contributed by atoms with Crippen LogP contribution >= 0.6 is 0 Å². The van der Waals surface area contributed by atoms with Gasteiger partial charge in [0.15, 0.2) is 0 Å². The Morgan fingerprint density at radius 1 is 0.684 bits per heavy atom. The van der Waals surface area contributed by atoms with Crippen molar-refractivity contribution in [1.82, 2.24) is 0 Å². The van der Waals surface area contributed by atoms with Crippen LogP contribution in [0.3, 0.4) is 0 Å². The number of aliphatic carboxylic acids is 2. The first-order chi connectivity index (χ1) is 8.33. The van der Waals surface area contributed by atoms with Gasteiger partial charge < -0.3 is 19.8 Å². The number of carbonyl (C=O) groups excluding carboxylic acids is 4.